The van der Waals surface area contributed by atoms with Crippen LogP contribution in [0.4, 0.5) is 10.5 Å². The number of benzene rings is 2. The van der Waals surface area contributed by atoms with Gasteiger partial charge in [-0.15, -0.1) is 0 Å². The molecule has 2 amide bonds. The van der Waals surface area contributed by atoms with Crippen LogP contribution in [0.2, 0.25) is 0 Å². The summed E-state index contributed by atoms with van der Waals surface area (Å²) in [5.41, 5.74) is 4.05. The molecular weight excluding hydrogens is 322 g/mol. The second kappa shape index (κ2) is 8.81. The molecule has 4 heteroatoms. The van der Waals surface area contributed by atoms with E-state index in [4.69, 9.17) is 0 Å². The third-order valence-corrected chi connectivity index (χ3v) is 4.18. The third-order valence-electron chi connectivity index (χ3n) is 4.18. The molecule has 4 nitrogen and oxygen atoms in total. The van der Waals surface area contributed by atoms with Gasteiger partial charge in [0.05, 0.1) is 12.2 Å². The van der Waals surface area contributed by atoms with Gasteiger partial charge in [0.25, 0.3) is 0 Å². The molecule has 0 aliphatic heterocycles. The van der Waals surface area contributed by atoms with Crippen molar-refractivity contribution in [1.29, 1.82) is 0 Å². The number of rotatable bonds is 6. The zero-order valence-electron chi connectivity index (χ0n) is 14.9. The summed E-state index contributed by atoms with van der Waals surface area (Å²) >= 11 is 0. The molecule has 132 valence electrons. The van der Waals surface area contributed by atoms with E-state index in [9.17, 15) is 4.79 Å². The molecule has 3 aromatic rings. The Labute approximate surface area is 154 Å². The molecule has 0 saturated carbocycles. The number of nitrogens with one attached hydrogen (secondary N) is 1. The van der Waals surface area contributed by atoms with Crippen molar-refractivity contribution in [1.82, 2.24) is 9.88 Å². The van der Waals surface area contributed by atoms with Crippen molar-refractivity contribution in [2.24, 2.45) is 0 Å². The summed E-state index contributed by atoms with van der Waals surface area (Å²) in [6, 6.07) is 23.7. The van der Waals surface area contributed by atoms with Gasteiger partial charge >= 0.3 is 6.03 Å². The van der Waals surface area contributed by atoms with Crippen molar-refractivity contribution in [2.75, 3.05) is 11.9 Å². The predicted molar refractivity (Wildman–Crippen MR) is 105 cm³/mol. The van der Waals surface area contributed by atoms with Crippen LogP contribution in [0, 0.1) is 6.92 Å². The van der Waals surface area contributed by atoms with Crippen molar-refractivity contribution in [3.05, 3.63) is 95.8 Å². The predicted octanol–water partition coefficient (Wildman–Crippen LogP) is 4.67. The molecule has 0 atom stereocenters. The molecule has 0 spiro atoms. The van der Waals surface area contributed by atoms with Crippen molar-refractivity contribution in [3.8, 4) is 0 Å². The number of amides is 2. The smallest absolute Gasteiger partial charge is 0.318 e. The van der Waals surface area contributed by atoms with E-state index >= 15 is 0 Å². The molecule has 1 heterocycles. The van der Waals surface area contributed by atoms with E-state index in [0.717, 1.165) is 23.4 Å². The first kappa shape index (κ1) is 17.7. The average Bonchev–Trinajstić information content (AvgIpc) is 2.68. The average molecular weight is 345 g/mol. The Kier molecular flexibility index (Phi) is 5.99. The van der Waals surface area contributed by atoms with Gasteiger partial charge in [0.1, 0.15) is 0 Å². The van der Waals surface area contributed by atoms with Crippen LogP contribution in [0.5, 0.6) is 0 Å². The Morgan fingerprint density at radius 1 is 0.962 bits per heavy atom. The molecule has 0 aliphatic carbocycles. The lowest BCUT2D eigenvalue weighted by molar-refractivity contribution is 0.209. The topological polar surface area (TPSA) is 45.2 Å². The first-order valence-electron chi connectivity index (χ1n) is 8.77. The number of pyridine rings is 1. The summed E-state index contributed by atoms with van der Waals surface area (Å²) in [7, 11) is 0. The molecule has 26 heavy (non-hydrogen) atoms. The van der Waals surface area contributed by atoms with E-state index in [1.165, 1.54) is 5.56 Å². The van der Waals surface area contributed by atoms with Crippen LogP contribution in [0.15, 0.2) is 79.0 Å². The van der Waals surface area contributed by atoms with E-state index in [2.05, 4.69) is 22.4 Å². The van der Waals surface area contributed by atoms with Gasteiger partial charge in [-0.2, -0.15) is 0 Å². The Morgan fingerprint density at radius 2 is 1.69 bits per heavy atom. The number of hydrogen-bond donors (Lipinski definition) is 1. The quantitative estimate of drug-likeness (QED) is 0.706. The second-order valence-corrected chi connectivity index (χ2v) is 6.27. The largest absolute Gasteiger partial charge is 0.322 e. The number of urea groups is 1. The number of aryl methyl sites for hydroxylation is 1. The van der Waals surface area contributed by atoms with Crippen LogP contribution < -0.4 is 5.32 Å². The number of carbonyl (C=O) groups excluding carboxylic acids is 1. The molecule has 2 aromatic carbocycles. The molecule has 0 radical (unpaired) electrons. The van der Waals surface area contributed by atoms with Crippen molar-refractivity contribution in [2.45, 2.75) is 19.9 Å². The monoisotopic (exact) mass is 345 g/mol. The van der Waals surface area contributed by atoms with Gasteiger partial charge in [-0.25, -0.2) is 4.79 Å². The minimum absolute atomic E-state index is 0.115. The van der Waals surface area contributed by atoms with Gasteiger partial charge in [-0.1, -0.05) is 54.1 Å². The fourth-order valence-corrected chi connectivity index (χ4v) is 2.69. The maximum atomic E-state index is 12.8. The van der Waals surface area contributed by atoms with Gasteiger partial charge < -0.3 is 10.2 Å². The van der Waals surface area contributed by atoms with Gasteiger partial charge in [-0.05, 0) is 43.2 Å². The van der Waals surface area contributed by atoms with Crippen LogP contribution in [-0.2, 0) is 13.0 Å². The molecule has 1 aromatic heterocycles. The number of anilines is 1. The fraction of sp³-hybridized carbons (Fsp3) is 0.182. The lowest BCUT2D eigenvalue weighted by atomic mass is 10.1. The van der Waals surface area contributed by atoms with Crippen LogP contribution in [0.1, 0.15) is 16.8 Å². The zero-order chi connectivity index (χ0) is 18.2. The van der Waals surface area contributed by atoms with Gasteiger partial charge in [-0.3, -0.25) is 4.98 Å². The van der Waals surface area contributed by atoms with E-state index < -0.39 is 0 Å². The standard InChI is InChI=1S/C22H23N3O/c1-18-10-12-20(13-11-18)24-22(26)25(17-21-9-5-6-15-23-21)16-14-19-7-3-2-4-8-19/h2-13,15H,14,16-17H2,1H3,(H,24,26). The van der Waals surface area contributed by atoms with Crippen molar-refractivity contribution >= 4 is 11.7 Å². The Bertz CT molecular complexity index is 817. The number of hydrogen-bond acceptors (Lipinski definition) is 2. The summed E-state index contributed by atoms with van der Waals surface area (Å²) in [5.74, 6) is 0. The minimum Gasteiger partial charge on any atom is -0.318 e. The Hall–Kier alpha value is -3.14. The maximum Gasteiger partial charge on any atom is 0.322 e. The first-order valence-corrected chi connectivity index (χ1v) is 8.77. The number of nitrogens with zero attached hydrogens (tertiary/aromatic N) is 2. The van der Waals surface area contributed by atoms with Crippen molar-refractivity contribution < 1.29 is 4.79 Å². The van der Waals surface area contributed by atoms with E-state index in [-0.39, 0.29) is 6.03 Å². The number of carbonyl (C=O) groups is 1. The lowest BCUT2D eigenvalue weighted by Gasteiger charge is -2.23. The normalized spacial score (nSPS) is 10.3. The summed E-state index contributed by atoms with van der Waals surface area (Å²) < 4.78 is 0. The highest BCUT2D eigenvalue weighted by Gasteiger charge is 2.15. The SMILES string of the molecule is Cc1ccc(NC(=O)N(CCc2ccccc2)Cc2ccccn2)cc1. The zero-order valence-corrected chi connectivity index (χ0v) is 14.9. The molecule has 3 rings (SSSR count). The fourth-order valence-electron chi connectivity index (χ4n) is 2.69. The molecule has 0 unspecified atom stereocenters. The Balaban J connectivity index is 1.70. The van der Waals surface area contributed by atoms with Crippen LogP contribution in [-0.4, -0.2) is 22.5 Å². The van der Waals surface area contributed by atoms with Gasteiger partial charge in [0.15, 0.2) is 0 Å². The molecule has 0 aliphatic rings. The van der Waals surface area contributed by atoms with E-state index in [1.54, 1.807) is 11.1 Å². The second-order valence-electron chi connectivity index (χ2n) is 6.27. The molecule has 0 saturated heterocycles. The van der Waals surface area contributed by atoms with Crippen molar-refractivity contribution in [3.63, 3.8) is 0 Å². The lowest BCUT2D eigenvalue weighted by Crippen LogP contribution is -2.36. The van der Waals surface area contributed by atoms with Crippen LogP contribution >= 0.6 is 0 Å². The van der Waals surface area contributed by atoms with E-state index in [1.807, 2.05) is 67.6 Å². The number of aromatic nitrogens is 1. The third kappa shape index (κ3) is 5.18. The maximum absolute atomic E-state index is 12.8. The molecule has 0 fully saturated rings. The Morgan fingerprint density at radius 3 is 2.38 bits per heavy atom. The summed E-state index contributed by atoms with van der Waals surface area (Å²) in [6.07, 6.45) is 2.55. The highest BCUT2D eigenvalue weighted by atomic mass is 16.2. The van der Waals surface area contributed by atoms with Gasteiger partial charge in [0.2, 0.25) is 0 Å². The van der Waals surface area contributed by atoms with Crippen LogP contribution in [0.25, 0.3) is 0 Å². The highest BCUT2D eigenvalue weighted by Crippen LogP contribution is 2.12. The minimum atomic E-state index is -0.115. The molecule has 0 bridgehead atoms. The summed E-state index contributed by atoms with van der Waals surface area (Å²) in [5, 5.41) is 2.98. The van der Waals surface area contributed by atoms with E-state index in [0.29, 0.717) is 13.1 Å². The highest BCUT2D eigenvalue weighted by molar-refractivity contribution is 5.89. The summed E-state index contributed by atoms with van der Waals surface area (Å²) in [4.78, 5) is 19.0. The van der Waals surface area contributed by atoms with Crippen LogP contribution in [0.3, 0.4) is 0 Å². The summed E-state index contributed by atoms with van der Waals surface area (Å²) in [6.45, 7) is 3.13. The first-order chi connectivity index (χ1) is 12.7. The van der Waals surface area contributed by atoms with Gasteiger partial charge in [0, 0.05) is 18.4 Å². The molecular formula is C22H23N3O. The molecule has 1 N–H and O–H groups in total.